The van der Waals surface area contributed by atoms with E-state index >= 15 is 0 Å². The van der Waals surface area contributed by atoms with Crippen molar-refractivity contribution in [1.82, 2.24) is 9.62 Å². The van der Waals surface area contributed by atoms with E-state index in [9.17, 15) is 13.2 Å². The highest BCUT2D eigenvalue weighted by atomic mass is 32.2. The maximum atomic E-state index is 12.0. The molecule has 2 unspecified atom stereocenters. The molecule has 2 saturated heterocycles. The molecule has 0 amide bonds. The van der Waals surface area contributed by atoms with Crippen LogP contribution in [0.15, 0.2) is 0 Å². The predicted molar refractivity (Wildman–Crippen MR) is 69.8 cm³/mol. The summed E-state index contributed by atoms with van der Waals surface area (Å²) >= 11 is 0. The second-order valence-electron chi connectivity index (χ2n) is 5.45. The Labute approximate surface area is 109 Å². The minimum Gasteiger partial charge on any atom is -0.307 e. The van der Waals surface area contributed by atoms with Crippen LogP contribution < -0.4 is 5.32 Å². The molecule has 2 rings (SSSR count). The Balaban J connectivity index is 1.87. The molecular formula is C12H22N2O3S. The van der Waals surface area contributed by atoms with Crippen LogP contribution in [-0.4, -0.2) is 50.4 Å². The molecule has 6 heteroatoms. The van der Waals surface area contributed by atoms with Crippen LogP contribution in [-0.2, 0) is 14.8 Å². The summed E-state index contributed by atoms with van der Waals surface area (Å²) < 4.78 is 24.5. The van der Waals surface area contributed by atoms with Crippen molar-refractivity contribution in [3.8, 4) is 0 Å². The molecule has 0 aromatic heterocycles. The summed E-state index contributed by atoms with van der Waals surface area (Å²) in [4.78, 5) is 12.0. The van der Waals surface area contributed by atoms with E-state index in [1.54, 1.807) is 0 Å². The largest absolute Gasteiger partial charge is 0.307 e. The van der Waals surface area contributed by atoms with Gasteiger partial charge in [0.2, 0.25) is 10.0 Å². The number of carbonyl (C=O) groups excluding carboxylic acids is 1. The first-order valence-corrected chi connectivity index (χ1v) is 8.53. The third-order valence-corrected chi connectivity index (χ3v) is 5.16. The molecule has 0 aliphatic carbocycles. The van der Waals surface area contributed by atoms with E-state index in [1.165, 1.54) is 10.6 Å². The molecule has 2 fully saturated rings. The Morgan fingerprint density at radius 3 is 2.72 bits per heavy atom. The van der Waals surface area contributed by atoms with Crippen molar-refractivity contribution in [2.45, 2.75) is 38.1 Å². The van der Waals surface area contributed by atoms with Gasteiger partial charge in [-0.15, -0.1) is 0 Å². The summed E-state index contributed by atoms with van der Waals surface area (Å²) in [5.74, 6) is 0.455. The standard InChI is InChI=1S/C12H22N2O3S/c1-18(16,17)14-7-3-4-10(9-14)8-12(15)11-5-2-6-13-11/h10-11,13H,2-9H2,1H3. The van der Waals surface area contributed by atoms with Crippen LogP contribution in [0.4, 0.5) is 0 Å². The molecule has 2 atom stereocenters. The molecule has 2 aliphatic heterocycles. The number of ketones is 1. The van der Waals surface area contributed by atoms with Crippen LogP contribution in [0.25, 0.3) is 0 Å². The highest BCUT2D eigenvalue weighted by Crippen LogP contribution is 2.23. The molecule has 2 heterocycles. The van der Waals surface area contributed by atoms with Crippen LogP contribution in [0, 0.1) is 5.92 Å². The second kappa shape index (κ2) is 5.67. The quantitative estimate of drug-likeness (QED) is 0.804. The number of nitrogens with zero attached hydrogens (tertiary/aromatic N) is 1. The average Bonchev–Trinajstić information content (AvgIpc) is 2.81. The lowest BCUT2D eigenvalue weighted by atomic mass is 9.91. The topological polar surface area (TPSA) is 66.5 Å². The zero-order chi connectivity index (χ0) is 13.2. The van der Waals surface area contributed by atoms with Gasteiger partial charge in [0.05, 0.1) is 12.3 Å². The highest BCUT2D eigenvalue weighted by molar-refractivity contribution is 7.88. The third-order valence-electron chi connectivity index (χ3n) is 3.89. The Morgan fingerprint density at radius 2 is 2.11 bits per heavy atom. The van der Waals surface area contributed by atoms with Gasteiger partial charge in [-0.05, 0) is 38.1 Å². The van der Waals surface area contributed by atoms with Crippen molar-refractivity contribution in [1.29, 1.82) is 0 Å². The van der Waals surface area contributed by atoms with Crippen molar-refractivity contribution >= 4 is 15.8 Å². The normalized spacial score (nSPS) is 30.5. The lowest BCUT2D eigenvalue weighted by Crippen LogP contribution is -2.41. The average molecular weight is 274 g/mol. The Kier molecular flexibility index (Phi) is 4.40. The maximum Gasteiger partial charge on any atom is 0.211 e. The zero-order valence-corrected chi connectivity index (χ0v) is 11.7. The van der Waals surface area contributed by atoms with Gasteiger partial charge in [0, 0.05) is 19.5 Å². The van der Waals surface area contributed by atoms with E-state index in [0.717, 1.165) is 32.2 Å². The van der Waals surface area contributed by atoms with Gasteiger partial charge in [0.1, 0.15) is 5.78 Å². The molecule has 0 bridgehead atoms. The van der Waals surface area contributed by atoms with E-state index in [-0.39, 0.29) is 17.7 Å². The fraction of sp³-hybridized carbons (Fsp3) is 0.917. The number of nitrogens with one attached hydrogen (secondary N) is 1. The monoisotopic (exact) mass is 274 g/mol. The zero-order valence-electron chi connectivity index (χ0n) is 10.9. The van der Waals surface area contributed by atoms with Crippen molar-refractivity contribution in [2.75, 3.05) is 25.9 Å². The minimum atomic E-state index is -3.11. The van der Waals surface area contributed by atoms with Crippen molar-refractivity contribution in [3.05, 3.63) is 0 Å². The van der Waals surface area contributed by atoms with Gasteiger partial charge in [-0.1, -0.05) is 0 Å². The van der Waals surface area contributed by atoms with Crippen LogP contribution in [0.3, 0.4) is 0 Å². The minimum absolute atomic E-state index is 0.0126. The molecule has 2 aliphatic rings. The van der Waals surface area contributed by atoms with Crippen LogP contribution >= 0.6 is 0 Å². The van der Waals surface area contributed by atoms with E-state index in [0.29, 0.717) is 19.5 Å². The lowest BCUT2D eigenvalue weighted by Gasteiger charge is -2.31. The van der Waals surface area contributed by atoms with E-state index in [4.69, 9.17) is 0 Å². The summed E-state index contributed by atoms with van der Waals surface area (Å²) in [6.07, 6.45) is 5.59. The van der Waals surface area contributed by atoms with E-state index < -0.39 is 10.0 Å². The summed E-state index contributed by atoms with van der Waals surface area (Å²) in [7, 11) is -3.11. The number of piperidine rings is 1. The Morgan fingerprint density at radius 1 is 1.33 bits per heavy atom. The number of carbonyl (C=O) groups is 1. The van der Waals surface area contributed by atoms with Gasteiger partial charge in [-0.3, -0.25) is 4.79 Å². The summed E-state index contributed by atoms with van der Waals surface area (Å²) in [6.45, 7) is 2.04. The highest BCUT2D eigenvalue weighted by Gasteiger charge is 2.30. The van der Waals surface area contributed by atoms with E-state index in [2.05, 4.69) is 5.32 Å². The molecular weight excluding hydrogens is 252 g/mol. The van der Waals surface area contributed by atoms with Gasteiger partial charge in [0.25, 0.3) is 0 Å². The molecule has 104 valence electrons. The van der Waals surface area contributed by atoms with Crippen molar-refractivity contribution in [3.63, 3.8) is 0 Å². The number of sulfonamides is 1. The van der Waals surface area contributed by atoms with Gasteiger partial charge >= 0.3 is 0 Å². The SMILES string of the molecule is CS(=O)(=O)N1CCCC(CC(=O)C2CCCN2)C1. The van der Waals surface area contributed by atoms with Crippen LogP contribution in [0.2, 0.25) is 0 Å². The maximum absolute atomic E-state index is 12.0. The van der Waals surface area contributed by atoms with Gasteiger partial charge in [-0.2, -0.15) is 0 Å². The first-order valence-electron chi connectivity index (χ1n) is 6.68. The molecule has 1 N–H and O–H groups in total. The number of hydrogen-bond acceptors (Lipinski definition) is 4. The predicted octanol–water partition coefficient (Wildman–Crippen LogP) is 0.369. The Bertz CT molecular complexity index is 402. The fourth-order valence-electron chi connectivity index (χ4n) is 2.88. The molecule has 5 nitrogen and oxygen atoms in total. The summed E-state index contributed by atoms with van der Waals surface area (Å²) in [5, 5.41) is 3.21. The van der Waals surface area contributed by atoms with Gasteiger partial charge < -0.3 is 5.32 Å². The smallest absolute Gasteiger partial charge is 0.211 e. The molecule has 0 spiro atoms. The van der Waals surface area contributed by atoms with Gasteiger partial charge in [0.15, 0.2) is 0 Å². The first-order chi connectivity index (χ1) is 8.47. The molecule has 0 aromatic rings. The molecule has 18 heavy (non-hydrogen) atoms. The van der Waals surface area contributed by atoms with Crippen LogP contribution in [0.1, 0.15) is 32.1 Å². The summed E-state index contributed by atoms with van der Waals surface area (Å²) in [6, 6.07) is 0.0126. The van der Waals surface area contributed by atoms with Crippen molar-refractivity contribution < 1.29 is 13.2 Å². The Hall–Kier alpha value is -0.460. The summed E-state index contributed by atoms with van der Waals surface area (Å²) in [5.41, 5.74) is 0. The number of rotatable bonds is 4. The second-order valence-corrected chi connectivity index (χ2v) is 7.43. The fourth-order valence-corrected chi connectivity index (χ4v) is 3.82. The van der Waals surface area contributed by atoms with E-state index in [1.807, 2.05) is 0 Å². The van der Waals surface area contributed by atoms with Gasteiger partial charge in [-0.25, -0.2) is 12.7 Å². The number of hydrogen-bond donors (Lipinski definition) is 1. The number of Topliss-reactive ketones (excluding diaryl/α,β-unsaturated/α-hetero) is 1. The molecule has 0 radical (unpaired) electrons. The molecule has 0 aromatic carbocycles. The molecule has 0 saturated carbocycles. The third kappa shape index (κ3) is 3.52. The first kappa shape index (κ1) is 14.0. The van der Waals surface area contributed by atoms with Crippen molar-refractivity contribution in [2.24, 2.45) is 5.92 Å². The lowest BCUT2D eigenvalue weighted by molar-refractivity contribution is -0.121. The van der Waals surface area contributed by atoms with Crippen LogP contribution in [0.5, 0.6) is 0 Å².